The molecule has 0 radical (unpaired) electrons. The average Bonchev–Trinajstić information content (AvgIpc) is 3.20. The summed E-state index contributed by atoms with van der Waals surface area (Å²) in [7, 11) is -3.57. The zero-order valence-corrected chi connectivity index (χ0v) is 19.1. The van der Waals surface area contributed by atoms with Gasteiger partial charge in [0.25, 0.3) is 0 Å². The summed E-state index contributed by atoms with van der Waals surface area (Å²) < 4.78 is 38.6. The summed E-state index contributed by atoms with van der Waals surface area (Å²) in [6, 6.07) is 5.24. The Morgan fingerprint density at radius 1 is 1.10 bits per heavy atom. The van der Waals surface area contributed by atoms with Crippen LogP contribution in [0.5, 0.6) is 0 Å². The predicted octanol–water partition coefficient (Wildman–Crippen LogP) is 3.25. The van der Waals surface area contributed by atoms with Gasteiger partial charge in [0.15, 0.2) is 0 Å². The average molecular weight is 449 g/mol. The molecular weight excluding hydrogens is 416 g/mol. The van der Waals surface area contributed by atoms with E-state index in [0.717, 1.165) is 55.1 Å². The fraction of sp³-hybridized carbons (Fsp3) is 0.591. The number of nitrogens with zero attached hydrogens (tertiary/aromatic N) is 2. The van der Waals surface area contributed by atoms with Crippen molar-refractivity contribution in [2.24, 2.45) is 5.92 Å². The highest BCUT2D eigenvalue weighted by Crippen LogP contribution is 2.30. The van der Waals surface area contributed by atoms with Gasteiger partial charge >= 0.3 is 0 Å². The van der Waals surface area contributed by atoms with Crippen LogP contribution in [0.4, 0.5) is 11.4 Å². The van der Waals surface area contributed by atoms with Crippen molar-refractivity contribution in [1.82, 2.24) is 9.46 Å². The molecule has 0 amide bonds. The van der Waals surface area contributed by atoms with Gasteiger partial charge in [0.2, 0.25) is 10.0 Å². The van der Waals surface area contributed by atoms with Crippen LogP contribution >= 0.6 is 0 Å². The van der Waals surface area contributed by atoms with Crippen LogP contribution in [0.25, 0.3) is 0 Å². The number of sulfonamides is 1. The van der Waals surface area contributed by atoms with E-state index in [1.54, 1.807) is 12.1 Å². The lowest BCUT2D eigenvalue weighted by Crippen LogP contribution is -2.40. The van der Waals surface area contributed by atoms with Crippen LogP contribution in [-0.4, -0.2) is 50.7 Å². The SMILES string of the molecule is CC(C)CNc1ccc(S(=O)(=O)N2CCOCC2)cc1NCc1noc2c1CCCC2. The number of aryl methyl sites for hydroxylation is 1. The van der Waals surface area contributed by atoms with Crippen LogP contribution in [0.3, 0.4) is 0 Å². The molecule has 4 rings (SSSR count). The first-order valence-electron chi connectivity index (χ1n) is 11.1. The van der Waals surface area contributed by atoms with E-state index < -0.39 is 10.0 Å². The van der Waals surface area contributed by atoms with Gasteiger partial charge in [-0.3, -0.25) is 0 Å². The highest BCUT2D eigenvalue weighted by Gasteiger charge is 2.27. The number of hydrogen-bond donors (Lipinski definition) is 2. The van der Waals surface area contributed by atoms with E-state index in [1.807, 2.05) is 6.07 Å². The van der Waals surface area contributed by atoms with Crippen molar-refractivity contribution in [2.75, 3.05) is 43.5 Å². The molecular formula is C22H32N4O4S. The maximum Gasteiger partial charge on any atom is 0.243 e. The third-order valence-corrected chi connectivity index (χ3v) is 7.67. The van der Waals surface area contributed by atoms with Gasteiger partial charge in [-0.25, -0.2) is 8.42 Å². The molecule has 8 nitrogen and oxygen atoms in total. The Bertz CT molecular complexity index is 997. The number of anilines is 2. The molecule has 2 aromatic rings. The highest BCUT2D eigenvalue weighted by atomic mass is 32.2. The second-order valence-electron chi connectivity index (χ2n) is 8.59. The fourth-order valence-electron chi connectivity index (χ4n) is 4.00. The van der Waals surface area contributed by atoms with Crippen LogP contribution in [0.15, 0.2) is 27.6 Å². The van der Waals surface area contributed by atoms with Gasteiger partial charge in [0, 0.05) is 31.6 Å². The van der Waals surface area contributed by atoms with Gasteiger partial charge in [-0.1, -0.05) is 19.0 Å². The van der Waals surface area contributed by atoms with Crippen molar-refractivity contribution < 1.29 is 17.7 Å². The number of ether oxygens (including phenoxy) is 1. The molecule has 1 aliphatic heterocycles. The van der Waals surface area contributed by atoms with Crippen LogP contribution in [0.1, 0.15) is 43.7 Å². The summed E-state index contributed by atoms with van der Waals surface area (Å²) in [6.07, 6.45) is 4.21. The Labute approximate surface area is 184 Å². The maximum absolute atomic E-state index is 13.1. The molecule has 0 spiro atoms. The zero-order chi connectivity index (χ0) is 21.8. The Morgan fingerprint density at radius 3 is 2.65 bits per heavy atom. The van der Waals surface area contributed by atoms with Gasteiger partial charge in [0.1, 0.15) is 11.5 Å². The molecule has 1 aromatic heterocycles. The topological polar surface area (TPSA) is 96.7 Å². The highest BCUT2D eigenvalue weighted by molar-refractivity contribution is 7.89. The van der Waals surface area contributed by atoms with Crippen molar-refractivity contribution in [2.45, 2.75) is 51.0 Å². The Morgan fingerprint density at radius 2 is 1.87 bits per heavy atom. The molecule has 1 saturated heterocycles. The van der Waals surface area contributed by atoms with E-state index in [0.29, 0.717) is 38.8 Å². The number of hydrogen-bond acceptors (Lipinski definition) is 7. The number of fused-ring (bicyclic) bond motifs is 1. The van der Waals surface area contributed by atoms with E-state index >= 15 is 0 Å². The summed E-state index contributed by atoms with van der Waals surface area (Å²) in [5.41, 5.74) is 3.74. The van der Waals surface area contributed by atoms with Crippen LogP contribution in [-0.2, 0) is 34.1 Å². The summed E-state index contributed by atoms with van der Waals surface area (Å²) in [5.74, 6) is 1.46. The Kier molecular flexibility index (Phi) is 6.83. The molecule has 1 aliphatic carbocycles. The molecule has 2 N–H and O–H groups in total. The van der Waals surface area contributed by atoms with Crippen molar-refractivity contribution in [3.05, 3.63) is 35.2 Å². The van der Waals surface area contributed by atoms with Crippen molar-refractivity contribution in [3.8, 4) is 0 Å². The molecule has 0 unspecified atom stereocenters. The summed E-state index contributed by atoms with van der Waals surface area (Å²) in [6.45, 7) is 7.18. The number of morpholine rings is 1. The van der Waals surface area contributed by atoms with Gasteiger partial charge < -0.3 is 19.9 Å². The first kappa shape index (κ1) is 22.1. The van der Waals surface area contributed by atoms with Crippen LogP contribution < -0.4 is 10.6 Å². The fourth-order valence-corrected chi connectivity index (χ4v) is 5.44. The third kappa shape index (κ3) is 5.05. The molecule has 1 fully saturated rings. The zero-order valence-electron chi connectivity index (χ0n) is 18.3. The minimum absolute atomic E-state index is 0.286. The van der Waals surface area contributed by atoms with Gasteiger partial charge in [0.05, 0.1) is 36.0 Å². The van der Waals surface area contributed by atoms with E-state index in [4.69, 9.17) is 9.26 Å². The largest absolute Gasteiger partial charge is 0.383 e. The molecule has 0 atom stereocenters. The van der Waals surface area contributed by atoms with E-state index in [-0.39, 0.29) is 4.90 Å². The van der Waals surface area contributed by atoms with Gasteiger partial charge in [-0.2, -0.15) is 4.31 Å². The predicted molar refractivity (Wildman–Crippen MR) is 120 cm³/mol. The quantitative estimate of drug-likeness (QED) is 0.640. The Hall–Kier alpha value is -2.10. The molecule has 0 bridgehead atoms. The first-order valence-corrected chi connectivity index (χ1v) is 12.5. The molecule has 9 heteroatoms. The lowest BCUT2D eigenvalue weighted by atomic mass is 9.96. The molecule has 0 saturated carbocycles. The van der Waals surface area contributed by atoms with Gasteiger partial charge in [-0.05, 0) is 43.4 Å². The summed E-state index contributed by atoms with van der Waals surface area (Å²) in [4.78, 5) is 0.286. The van der Waals surface area contributed by atoms with Gasteiger partial charge in [-0.15, -0.1) is 0 Å². The van der Waals surface area contributed by atoms with E-state index in [9.17, 15) is 8.42 Å². The number of aromatic nitrogens is 1. The lowest BCUT2D eigenvalue weighted by Gasteiger charge is -2.26. The first-order chi connectivity index (χ1) is 14.9. The van der Waals surface area contributed by atoms with Crippen LogP contribution in [0.2, 0.25) is 0 Å². The normalized spacial score (nSPS) is 17.5. The Balaban J connectivity index is 1.58. The maximum atomic E-state index is 13.1. The molecule has 2 heterocycles. The third-order valence-electron chi connectivity index (χ3n) is 5.78. The number of rotatable bonds is 8. The standard InChI is InChI=1S/C22H32N4O4S/c1-16(2)14-23-19-8-7-17(31(27,28)26-9-11-29-12-10-26)13-20(19)24-15-21-18-5-3-4-6-22(18)30-25-21/h7-8,13,16,23-24H,3-6,9-12,14-15H2,1-2H3. The summed E-state index contributed by atoms with van der Waals surface area (Å²) >= 11 is 0. The molecule has 1 aromatic carbocycles. The smallest absolute Gasteiger partial charge is 0.243 e. The number of benzene rings is 1. The molecule has 170 valence electrons. The van der Waals surface area contributed by atoms with Crippen LogP contribution in [0, 0.1) is 5.92 Å². The number of nitrogens with one attached hydrogen (secondary N) is 2. The lowest BCUT2D eigenvalue weighted by molar-refractivity contribution is 0.0730. The minimum atomic E-state index is -3.57. The van der Waals surface area contributed by atoms with E-state index in [2.05, 4.69) is 29.6 Å². The van der Waals surface area contributed by atoms with E-state index in [1.165, 1.54) is 9.87 Å². The van der Waals surface area contributed by atoms with Crippen molar-refractivity contribution in [1.29, 1.82) is 0 Å². The van der Waals surface area contributed by atoms with Crippen molar-refractivity contribution in [3.63, 3.8) is 0 Å². The summed E-state index contributed by atoms with van der Waals surface area (Å²) in [5, 5.41) is 11.1. The van der Waals surface area contributed by atoms with Crippen molar-refractivity contribution >= 4 is 21.4 Å². The minimum Gasteiger partial charge on any atom is -0.383 e. The monoisotopic (exact) mass is 448 g/mol. The second-order valence-corrected chi connectivity index (χ2v) is 10.5. The molecule has 2 aliphatic rings. The molecule has 31 heavy (non-hydrogen) atoms. The second kappa shape index (κ2) is 9.58.